The lowest BCUT2D eigenvalue weighted by Gasteiger charge is -2.16. The predicted octanol–water partition coefficient (Wildman–Crippen LogP) is 4.16. The van der Waals surface area contributed by atoms with Crippen LogP contribution in [0.5, 0.6) is 0 Å². The van der Waals surface area contributed by atoms with Gasteiger partial charge < -0.3 is 0 Å². The molecular formula is C15H7ClF3NO2. The highest BCUT2D eigenvalue weighted by molar-refractivity contribution is 6.35. The average molecular weight is 326 g/mol. The SMILES string of the molecule is O=C1c2ccccc2C(=O)N1c1cc(Cl)cc(C(F)(F)F)c1. The lowest BCUT2D eigenvalue weighted by atomic mass is 10.1. The van der Waals surface area contributed by atoms with Crippen molar-refractivity contribution < 1.29 is 22.8 Å². The Morgan fingerprint density at radius 2 is 1.45 bits per heavy atom. The largest absolute Gasteiger partial charge is 0.416 e. The van der Waals surface area contributed by atoms with Crippen molar-refractivity contribution in [2.75, 3.05) is 4.90 Å². The van der Waals surface area contributed by atoms with Gasteiger partial charge in [-0.3, -0.25) is 9.59 Å². The summed E-state index contributed by atoms with van der Waals surface area (Å²) < 4.78 is 38.5. The van der Waals surface area contributed by atoms with E-state index in [4.69, 9.17) is 11.6 Å². The van der Waals surface area contributed by atoms with E-state index in [1.54, 1.807) is 12.1 Å². The van der Waals surface area contributed by atoms with Crippen molar-refractivity contribution in [1.29, 1.82) is 0 Å². The first-order valence-corrected chi connectivity index (χ1v) is 6.52. The van der Waals surface area contributed by atoms with Crippen LogP contribution < -0.4 is 4.90 Å². The zero-order valence-electron chi connectivity index (χ0n) is 10.8. The van der Waals surface area contributed by atoms with Gasteiger partial charge in [-0.1, -0.05) is 23.7 Å². The molecule has 112 valence electrons. The van der Waals surface area contributed by atoms with E-state index >= 15 is 0 Å². The van der Waals surface area contributed by atoms with Crippen LogP contribution in [0.4, 0.5) is 18.9 Å². The molecule has 0 unspecified atom stereocenters. The van der Waals surface area contributed by atoms with Gasteiger partial charge in [-0.25, -0.2) is 4.90 Å². The van der Waals surface area contributed by atoms with E-state index in [9.17, 15) is 22.8 Å². The lowest BCUT2D eigenvalue weighted by molar-refractivity contribution is -0.137. The van der Waals surface area contributed by atoms with Crippen molar-refractivity contribution in [2.45, 2.75) is 6.18 Å². The Morgan fingerprint density at radius 1 is 0.909 bits per heavy atom. The number of halogens is 4. The molecule has 0 aromatic heterocycles. The Labute approximate surface area is 127 Å². The second kappa shape index (κ2) is 4.84. The molecule has 0 aliphatic carbocycles. The molecule has 1 heterocycles. The van der Waals surface area contributed by atoms with E-state index in [0.717, 1.165) is 18.2 Å². The summed E-state index contributed by atoms with van der Waals surface area (Å²) in [5.41, 5.74) is -0.917. The first kappa shape index (κ1) is 14.6. The minimum Gasteiger partial charge on any atom is -0.268 e. The number of hydrogen-bond donors (Lipinski definition) is 0. The van der Waals surface area contributed by atoms with Gasteiger partial charge in [-0.15, -0.1) is 0 Å². The van der Waals surface area contributed by atoms with Crippen LogP contribution in [0.25, 0.3) is 0 Å². The third kappa shape index (κ3) is 2.25. The van der Waals surface area contributed by atoms with Gasteiger partial charge in [0, 0.05) is 5.02 Å². The van der Waals surface area contributed by atoms with Gasteiger partial charge in [0.05, 0.1) is 22.4 Å². The molecule has 22 heavy (non-hydrogen) atoms. The van der Waals surface area contributed by atoms with Crippen molar-refractivity contribution in [3.63, 3.8) is 0 Å². The van der Waals surface area contributed by atoms with Crippen LogP contribution in [-0.2, 0) is 6.18 Å². The Balaban J connectivity index is 2.12. The molecule has 2 aromatic carbocycles. The van der Waals surface area contributed by atoms with Crippen molar-refractivity contribution in [3.8, 4) is 0 Å². The molecule has 0 saturated heterocycles. The summed E-state index contributed by atoms with van der Waals surface area (Å²) in [6, 6.07) is 8.67. The van der Waals surface area contributed by atoms with E-state index in [1.165, 1.54) is 12.1 Å². The topological polar surface area (TPSA) is 37.4 Å². The fourth-order valence-electron chi connectivity index (χ4n) is 2.29. The third-order valence-corrected chi connectivity index (χ3v) is 3.48. The standard InChI is InChI=1S/C15H7ClF3NO2/c16-9-5-8(15(17,18)19)6-10(7-9)20-13(21)11-3-1-2-4-12(11)14(20)22/h1-7H. The first-order chi connectivity index (χ1) is 10.3. The number of alkyl halides is 3. The molecule has 0 spiro atoms. The summed E-state index contributed by atoms with van der Waals surface area (Å²) in [5.74, 6) is -1.34. The molecule has 2 amide bonds. The Hall–Kier alpha value is -2.34. The van der Waals surface area contributed by atoms with Crippen LogP contribution >= 0.6 is 11.6 Å². The normalized spacial score (nSPS) is 14.5. The van der Waals surface area contributed by atoms with Crippen molar-refractivity contribution >= 4 is 29.1 Å². The van der Waals surface area contributed by atoms with Crippen molar-refractivity contribution in [3.05, 3.63) is 64.2 Å². The molecular weight excluding hydrogens is 319 g/mol. The summed E-state index contributed by atoms with van der Waals surface area (Å²) in [7, 11) is 0. The van der Waals surface area contributed by atoms with Gasteiger partial charge in [0.2, 0.25) is 0 Å². The van der Waals surface area contributed by atoms with Gasteiger partial charge in [0.25, 0.3) is 11.8 Å². The zero-order chi connectivity index (χ0) is 16.1. The Bertz CT molecular complexity index is 767. The molecule has 3 nitrogen and oxygen atoms in total. The van der Waals surface area contributed by atoms with Crippen LogP contribution in [0.2, 0.25) is 5.02 Å². The van der Waals surface area contributed by atoms with E-state index in [0.29, 0.717) is 4.90 Å². The molecule has 1 aliphatic heterocycles. The smallest absolute Gasteiger partial charge is 0.268 e. The summed E-state index contributed by atoms with van der Waals surface area (Å²) in [6.45, 7) is 0. The summed E-state index contributed by atoms with van der Waals surface area (Å²) in [5, 5.41) is -0.207. The van der Waals surface area contributed by atoms with Crippen LogP contribution in [0.3, 0.4) is 0 Å². The van der Waals surface area contributed by atoms with Crippen LogP contribution in [0.15, 0.2) is 42.5 Å². The molecule has 3 rings (SSSR count). The lowest BCUT2D eigenvalue weighted by Crippen LogP contribution is -2.29. The van der Waals surface area contributed by atoms with E-state index in [2.05, 4.69) is 0 Å². The summed E-state index contributed by atoms with van der Waals surface area (Å²) in [6.07, 6.45) is -4.63. The Kier molecular flexibility index (Phi) is 3.21. The van der Waals surface area contributed by atoms with Gasteiger partial charge in [0.15, 0.2) is 0 Å². The number of fused-ring (bicyclic) bond motifs is 1. The van der Waals surface area contributed by atoms with Crippen molar-refractivity contribution in [2.24, 2.45) is 0 Å². The van der Waals surface area contributed by atoms with E-state index in [-0.39, 0.29) is 21.8 Å². The molecule has 0 radical (unpaired) electrons. The maximum Gasteiger partial charge on any atom is 0.416 e. The van der Waals surface area contributed by atoms with E-state index < -0.39 is 23.6 Å². The molecule has 0 fully saturated rings. The molecule has 0 atom stereocenters. The number of amides is 2. The number of nitrogens with zero attached hydrogens (tertiary/aromatic N) is 1. The highest BCUT2D eigenvalue weighted by atomic mass is 35.5. The molecule has 1 aliphatic rings. The zero-order valence-corrected chi connectivity index (χ0v) is 11.6. The number of rotatable bonds is 1. The minimum absolute atomic E-state index is 0.154. The molecule has 2 aromatic rings. The highest BCUT2D eigenvalue weighted by Gasteiger charge is 2.38. The van der Waals surface area contributed by atoms with Gasteiger partial charge in [-0.05, 0) is 30.3 Å². The Morgan fingerprint density at radius 3 is 1.95 bits per heavy atom. The predicted molar refractivity (Wildman–Crippen MR) is 74.0 cm³/mol. The van der Waals surface area contributed by atoms with Crippen LogP contribution in [0, 0.1) is 0 Å². The fraction of sp³-hybridized carbons (Fsp3) is 0.0667. The highest BCUT2D eigenvalue weighted by Crippen LogP contribution is 2.36. The maximum atomic E-state index is 12.8. The number of imide groups is 1. The number of benzene rings is 2. The fourth-order valence-corrected chi connectivity index (χ4v) is 2.52. The molecule has 0 saturated carbocycles. The number of carbonyl (C=O) groups is 2. The number of hydrogen-bond acceptors (Lipinski definition) is 2. The monoisotopic (exact) mass is 325 g/mol. The molecule has 0 bridgehead atoms. The third-order valence-electron chi connectivity index (χ3n) is 3.26. The molecule has 7 heteroatoms. The minimum atomic E-state index is -4.63. The van der Waals surface area contributed by atoms with Gasteiger partial charge >= 0.3 is 6.18 Å². The molecule has 0 N–H and O–H groups in total. The van der Waals surface area contributed by atoms with Gasteiger partial charge in [0.1, 0.15) is 0 Å². The maximum absolute atomic E-state index is 12.8. The second-order valence-corrected chi connectivity index (χ2v) is 5.12. The number of carbonyl (C=O) groups excluding carboxylic acids is 2. The van der Waals surface area contributed by atoms with Crippen LogP contribution in [-0.4, -0.2) is 11.8 Å². The van der Waals surface area contributed by atoms with Crippen molar-refractivity contribution in [1.82, 2.24) is 0 Å². The summed E-state index contributed by atoms with van der Waals surface area (Å²) >= 11 is 5.69. The quantitative estimate of drug-likeness (QED) is 0.738. The first-order valence-electron chi connectivity index (χ1n) is 6.14. The second-order valence-electron chi connectivity index (χ2n) is 4.69. The van der Waals surface area contributed by atoms with Crippen LogP contribution in [0.1, 0.15) is 26.3 Å². The summed E-state index contributed by atoms with van der Waals surface area (Å²) in [4.78, 5) is 25.2. The van der Waals surface area contributed by atoms with E-state index in [1.807, 2.05) is 0 Å². The van der Waals surface area contributed by atoms with Gasteiger partial charge in [-0.2, -0.15) is 13.2 Å². The average Bonchev–Trinajstić information content (AvgIpc) is 2.70. The number of anilines is 1.